The molecule has 0 unspecified atom stereocenters. The minimum absolute atomic E-state index is 0.00217. The van der Waals surface area contributed by atoms with Gasteiger partial charge in [-0.25, -0.2) is 0 Å². The minimum atomic E-state index is -1.14. The van der Waals surface area contributed by atoms with E-state index in [-0.39, 0.29) is 36.6 Å². The molecule has 8 nitrogen and oxygen atoms in total. The van der Waals surface area contributed by atoms with Crippen LogP contribution in [0.5, 0.6) is 0 Å². The van der Waals surface area contributed by atoms with Crippen molar-refractivity contribution in [3.63, 3.8) is 0 Å². The third-order valence-electron chi connectivity index (χ3n) is 7.30. The van der Waals surface area contributed by atoms with E-state index in [0.29, 0.717) is 17.8 Å². The Morgan fingerprint density at radius 1 is 1.26 bits per heavy atom. The largest absolute Gasteiger partial charge is 0.350 e. The van der Waals surface area contributed by atoms with Crippen LogP contribution in [0.2, 0.25) is 0 Å². The van der Waals surface area contributed by atoms with Gasteiger partial charge in [-0.3, -0.25) is 14.4 Å². The number of carbonyl (C=O) groups is 3. The molecule has 2 N–H and O–H groups in total. The van der Waals surface area contributed by atoms with Gasteiger partial charge in [0.2, 0.25) is 11.8 Å². The number of nitrogens with zero attached hydrogens (tertiary/aromatic N) is 3. The highest BCUT2D eigenvalue weighted by molar-refractivity contribution is 9.10. The van der Waals surface area contributed by atoms with Gasteiger partial charge in [-0.2, -0.15) is 5.26 Å². The van der Waals surface area contributed by atoms with E-state index in [0.717, 1.165) is 15.4 Å². The summed E-state index contributed by atoms with van der Waals surface area (Å²) in [5.41, 5.74) is 0.648. The first kappa shape index (κ1) is 28.1. The van der Waals surface area contributed by atoms with E-state index in [9.17, 15) is 19.6 Å². The number of benzene rings is 2. The average Bonchev–Trinajstić information content (AvgIpc) is 3.54. The molecule has 0 aliphatic carbocycles. The molecule has 202 valence electrons. The number of amides is 3. The van der Waals surface area contributed by atoms with Crippen LogP contribution in [0.25, 0.3) is 10.9 Å². The number of hydrogen-bond acceptors (Lipinski definition) is 4. The molecule has 4 rings (SSSR count). The SMILES string of the molecule is C=C[C@]1(C(=O)Nc2ccccc2)C[C@@H](C#N)N(C(=O)[C@H](CC(C)C)N(C)C(=O)c2cc3c(Br)cccc3[nH]2)C1. The topological polar surface area (TPSA) is 109 Å². The number of aromatic amines is 1. The lowest BCUT2D eigenvalue weighted by molar-refractivity contribution is -0.136. The molecule has 1 saturated heterocycles. The summed E-state index contributed by atoms with van der Waals surface area (Å²) in [5, 5.41) is 13.7. The first-order valence-corrected chi connectivity index (χ1v) is 13.6. The molecule has 1 aliphatic rings. The molecule has 3 atom stereocenters. The number of halogens is 1. The quantitative estimate of drug-likeness (QED) is 0.345. The summed E-state index contributed by atoms with van der Waals surface area (Å²) >= 11 is 3.51. The smallest absolute Gasteiger partial charge is 0.270 e. The fourth-order valence-corrected chi connectivity index (χ4v) is 5.57. The molecular weight excluding hydrogens is 558 g/mol. The molecule has 1 fully saturated rings. The van der Waals surface area contributed by atoms with E-state index in [1.54, 1.807) is 25.2 Å². The van der Waals surface area contributed by atoms with Crippen molar-refractivity contribution in [2.24, 2.45) is 11.3 Å². The van der Waals surface area contributed by atoms with Crippen molar-refractivity contribution in [3.8, 4) is 6.07 Å². The van der Waals surface area contributed by atoms with Crippen molar-refractivity contribution in [2.75, 3.05) is 18.9 Å². The first-order chi connectivity index (χ1) is 18.6. The summed E-state index contributed by atoms with van der Waals surface area (Å²) in [6.07, 6.45) is 2.05. The number of rotatable bonds is 8. The van der Waals surface area contributed by atoms with Crippen molar-refractivity contribution < 1.29 is 14.4 Å². The molecule has 0 spiro atoms. The molecule has 3 amide bonds. The van der Waals surface area contributed by atoms with Gasteiger partial charge in [0.15, 0.2) is 0 Å². The number of anilines is 1. The van der Waals surface area contributed by atoms with Gasteiger partial charge >= 0.3 is 0 Å². The second-order valence-electron chi connectivity index (χ2n) is 10.4. The van der Waals surface area contributed by atoms with Crippen LogP contribution in [0.4, 0.5) is 5.69 Å². The molecule has 1 aromatic heterocycles. The van der Waals surface area contributed by atoms with Crippen molar-refractivity contribution in [1.29, 1.82) is 5.26 Å². The Bertz CT molecular complexity index is 1440. The fraction of sp³-hybridized carbons (Fsp3) is 0.333. The molecule has 9 heteroatoms. The number of nitrogens with one attached hydrogen (secondary N) is 2. The zero-order valence-corrected chi connectivity index (χ0v) is 23.9. The molecule has 2 aromatic carbocycles. The lowest BCUT2D eigenvalue weighted by Crippen LogP contribution is -2.51. The Balaban J connectivity index is 1.61. The predicted octanol–water partition coefficient (Wildman–Crippen LogP) is 5.35. The van der Waals surface area contributed by atoms with E-state index in [1.165, 1.54) is 15.9 Å². The molecule has 2 heterocycles. The number of likely N-dealkylation sites (tertiary alicyclic amines) is 1. The summed E-state index contributed by atoms with van der Waals surface area (Å²) in [6, 6.07) is 17.0. The third kappa shape index (κ3) is 5.62. The summed E-state index contributed by atoms with van der Waals surface area (Å²) in [6.45, 7) is 7.84. The van der Waals surface area contributed by atoms with Crippen LogP contribution in [0.15, 0.2) is 71.7 Å². The number of carbonyl (C=O) groups excluding carboxylic acids is 3. The van der Waals surface area contributed by atoms with Gasteiger partial charge in [-0.05, 0) is 42.7 Å². The summed E-state index contributed by atoms with van der Waals surface area (Å²) in [4.78, 5) is 47.0. The number of likely N-dealkylation sites (N-methyl/N-ethyl adjacent to an activating group) is 1. The van der Waals surface area contributed by atoms with Crippen molar-refractivity contribution in [1.82, 2.24) is 14.8 Å². The van der Waals surface area contributed by atoms with Gasteiger partial charge < -0.3 is 20.1 Å². The van der Waals surface area contributed by atoms with Gasteiger partial charge in [0.1, 0.15) is 17.8 Å². The number of aromatic nitrogens is 1. The maximum absolute atomic E-state index is 14.0. The van der Waals surface area contributed by atoms with Crippen LogP contribution in [-0.2, 0) is 9.59 Å². The lowest BCUT2D eigenvalue weighted by Gasteiger charge is -2.33. The van der Waals surface area contributed by atoms with Crippen molar-refractivity contribution >= 4 is 50.2 Å². The van der Waals surface area contributed by atoms with Gasteiger partial charge in [-0.1, -0.05) is 60.1 Å². The third-order valence-corrected chi connectivity index (χ3v) is 7.99. The summed E-state index contributed by atoms with van der Waals surface area (Å²) < 4.78 is 0.858. The first-order valence-electron chi connectivity index (χ1n) is 12.8. The monoisotopic (exact) mass is 589 g/mol. The average molecular weight is 591 g/mol. The van der Waals surface area contributed by atoms with E-state index in [1.807, 2.05) is 50.2 Å². The van der Waals surface area contributed by atoms with Gasteiger partial charge in [-0.15, -0.1) is 6.58 Å². The molecule has 3 aromatic rings. The summed E-state index contributed by atoms with van der Waals surface area (Å²) in [5.74, 6) is -0.922. The van der Waals surface area contributed by atoms with Crippen LogP contribution < -0.4 is 5.32 Å². The number of para-hydroxylation sites is 1. The maximum Gasteiger partial charge on any atom is 0.270 e. The maximum atomic E-state index is 14.0. The Labute approximate surface area is 236 Å². The molecule has 39 heavy (non-hydrogen) atoms. The second kappa shape index (κ2) is 11.5. The number of hydrogen-bond donors (Lipinski definition) is 2. The zero-order chi connectivity index (χ0) is 28.3. The van der Waals surface area contributed by atoms with E-state index in [2.05, 4.69) is 38.9 Å². The molecule has 0 radical (unpaired) electrons. The highest BCUT2D eigenvalue weighted by Crippen LogP contribution is 2.38. The van der Waals surface area contributed by atoms with Crippen LogP contribution in [0.3, 0.4) is 0 Å². The minimum Gasteiger partial charge on any atom is -0.350 e. The van der Waals surface area contributed by atoms with Crippen molar-refractivity contribution in [3.05, 3.63) is 77.4 Å². The van der Waals surface area contributed by atoms with Gasteiger partial charge in [0.25, 0.3) is 5.91 Å². The zero-order valence-electron chi connectivity index (χ0n) is 22.3. The van der Waals surface area contributed by atoms with E-state index < -0.39 is 17.5 Å². The summed E-state index contributed by atoms with van der Waals surface area (Å²) in [7, 11) is 1.61. The van der Waals surface area contributed by atoms with Crippen molar-refractivity contribution in [2.45, 2.75) is 38.8 Å². The van der Waals surface area contributed by atoms with E-state index in [4.69, 9.17) is 0 Å². The number of nitriles is 1. The van der Waals surface area contributed by atoms with E-state index >= 15 is 0 Å². The fourth-order valence-electron chi connectivity index (χ4n) is 5.09. The Kier molecular flexibility index (Phi) is 8.26. The van der Waals surface area contributed by atoms with Gasteiger partial charge in [0, 0.05) is 41.1 Å². The normalized spacial score (nSPS) is 19.5. The number of fused-ring (bicyclic) bond motifs is 1. The molecule has 1 aliphatic heterocycles. The highest BCUT2D eigenvalue weighted by atomic mass is 79.9. The van der Waals surface area contributed by atoms with Crippen LogP contribution in [0.1, 0.15) is 37.2 Å². The Morgan fingerprint density at radius 3 is 2.59 bits per heavy atom. The Morgan fingerprint density at radius 2 is 1.97 bits per heavy atom. The van der Waals surface area contributed by atoms with Crippen LogP contribution in [-0.4, -0.2) is 58.2 Å². The standard InChI is InChI=1S/C30H32BrN5O3/c1-5-30(29(39)33-20-10-7-6-8-11-20)16-21(17-32)36(18-30)28(38)26(14-19(2)3)35(4)27(37)25-15-22-23(31)12-9-13-24(22)34-25/h5-13,15,19,21,26,34H,1,14,16,18H2,2-4H3,(H,33,39)/t21-,26-,30-/m0/s1. The second-order valence-corrected chi connectivity index (χ2v) is 11.3. The Hall–Kier alpha value is -3.90. The van der Waals surface area contributed by atoms with Crippen LogP contribution >= 0.6 is 15.9 Å². The number of H-pyrrole nitrogens is 1. The van der Waals surface area contributed by atoms with Crippen LogP contribution in [0, 0.1) is 22.7 Å². The predicted molar refractivity (Wildman–Crippen MR) is 155 cm³/mol. The highest BCUT2D eigenvalue weighted by Gasteiger charge is 2.51. The molecule has 0 saturated carbocycles. The molecular formula is C30H32BrN5O3. The van der Waals surface area contributed by atoms with Gasteiger partial charge in [0.05, 0.1) is 11.5 Å². The molecule has 0 bridgehead atoms. The lowest BCUT2D eigenvalue weighted by atomic mass is 9.84.